The van der Waals surface area contributed by atoms with Crippen LogP contribution in [0.5, 0.6) is 5.75 Å². The largest absolute Gasteiger partial charge is 0.481 e. The maximum Gasteiger partial charge on any atom is 0.290 e. The van der Waals surface area contributed by atoms with Crippen LogP contribution >= 0.6 is 0 Å². The lowest BCUT2D eigenvalue weighted by Gasteiger charge is -2.17. The molecule has 1 N–H and O–H groups in total. The first kappa shape index (κ1) is 9.92. The fraction of sp³-hybridized carbons (Fsp3) is 0.111. The number of nitrogens with zero attached hydrogens (tertiary/aromatic N) is 2. The van der Waals surface area contributed by atoms with E-state index in [0.717, 1.165) is 6.07 Å². The maximum atomic E-state index is 11.0. The van der Waals surface area contributed by atoms with Crippen LogP contribution in [0.2, 0.25) is 0 Å². The molecule has 0 aromatic heterocycles. The fourth-order valence-electron chi connectivity index (χ4n) is 1.36. The van der Waals surface area contributed by atoms with Gasteiger partial charge in [-0.15, -0.1) is 0 Å². The van der Waals surface area contributed by atoms with Gasteiger partial charge in [0, 0.05) is 0 Å². The molecule has 0 fully saturated rings. The maximum absolute atomic E-state index is 11.0. The van der Waals surface area contributed by atoms with E-state index in [4.69, 9.17) is 10.00 Å². The zero-order chi connectivity index (χ0) is 11.7. The number of benzene rings is 1. The topological polar surface area (TPSA) is 105 Å². The van der Waals surface area contributed by atoms with Crippen LogP contribution in [0.3, 0.4) is 0 Å². The fourth-order valence-corrected chi connectivity index (χ4v) is 1.36. The molecule has 7 nitrogen and oxygen atoms in total. The van der Waals surface area contributed by atoms with Crippen molar-refractivity contribution in [1.82, 2.24) is 0 Å². The number of nitrogens with one attached hydrogen (secondary N) is 1. The van der Waals surface area contributed by atoms with E-state index in [1.54, 1.807) is 6.07 Å². The second-order valence-electron chi connectivity index (χ2n) is 3.07. The Morgan fingerprint density at radius 3 is 2.94 bits per heavy atom. The molecule has 0 radical (unpaired) electrons. The van der Waals surface area contributed by atoms with Crippen molar-refractivity contribution in [3.63, 3.8) is 0 Å². The van der Waals surface area contributed by atoms with Crippen LogP contribution in [0.4, 0.5) is 11.4 Å². The number of rotatable bonds is 1. The monoisotopic (exact) mass is 219 g/mol. The summed E-state index contributed by atoms with van der Waals surface area (Å²) in [7, 11) is 0. The van der Waals surface area contributed by atoms with E-state index < -0.39 is 4.92 Å². The van der Waals surface area contributed by atoms with Crippen molar-refractivity contribution >= 4 is 17.3 Å². The van der Waals surface area contributed by atoms with Gasteiger partial charge in [0.15, 0.2) is 12.4 Å². The molecule has 0 saturated heterocycles. The van der Waals surface area contributed by atoms with E-state index in [-0.39, 0.29) is 35.2 Å². The molecule has 0 spiro atoms. The normalized spacial score (nSPS) is 13.1. The first-order valence-electron chi connectivity index (χ1n) is 4.27. The van der Waals surface area contributed by atoms with Crippen LogP contribution in [-0.2, 0) is 4.79 Å². The van der Waals surface area contributed by atoms with Crippen molar-refractivity contribution in [2.75, 3.05) is 11.9 Å². The van der Waals surface area contributed by atoms with Crippen LogP contribution in [0, 0.1) is 21.4 Å². The molecule has 0 unspecified atom stereocenters. The number of amides is 1. The van der Waals surface area contributed by atoms with Crippen LogP contribution in [0.15, 0.2) is 12.1 Å². The number of nitro benzene ring substituents is 1. The zero-order valence-electron chi connectivity index (χ0n) is 7.89. The van der Waals surface area contributed by atoms with Crippen LogP contribution in [0.1, 0.15) is 5.56 Å². The van der Waals surface area contributed by atoms with Crippen molar-refractivity contribution in [3.8, 4) is 11.8 Å². The average molecular weight is 219 g/mol. The molecule has 1 aromatic carbocycles. The summed E-state index contributed by atoms with van der Waals surface area (Å²) in [5, 5.41) is 21.8. The molecule has 0 saturated carbocycles. The number of hydrogen-bond donors (Lipinski definition) is 1. The highest BCUT2D eigenvalue weighted by Gasteiger charge is 2.23. The van der Waals surface area contributed by atoms with Crippen LogP contribution in [0.25, 0.3) is 0 Å². The Morgan fingerprint density at radius 2 is 2.31 bits per heavy atom. The van der Waals surface area contributed by atoms with Gasteiger partial charge in [0.05, 0.1) is 16.7 Å². The van der Waals surface area contributed by atoms with Crippen molar-refractivity contribution in [1.29, 1.82) is 5.26 Å². The SMILES string of the molecule is N#Cc1cc2c(cc1[N+](=O)[O-])OCC(=O)N2. The molecule has 1 aliphatic heterocycles. The minimum absolute atomic E-state index is 0.116. The molecule has 2 rings (SSSR count). The Bertz CT molecular complexity index is 532. The summed E-state index contributed by atoms with van der Waals surface area (Å²) in [6, 6.07) is 4.05. The summed E-state index contributed by atoms with van der Waals surface area (Å²) < 4.78 is 5.00. The van der Waals surface area contributed by atoms with Crippen molar-refractivity contribution < 1.29 is 14.5 Å². The summed E-state index contributed by atoms with van der Waals surface area (Å²) >= 11 is 0. The molecule has 0 aliphatic carbocycles. The number of carbonyl (C=O) groups is 1. The van der Waals surface area contributed by atoms with E-state index in [0.29, 0.717) is 0 Å². The zero-order valence-corrected chi connectivity index (χ0v) is 7.89. The molecule has 1 heterocycles. The van der Waals surface area contributed by atoms with Crippen molar-refractivity contribution in [2.24, 2.45) is 0 Å². The third-order valence-corrected chi connectivity index (χ3v) is 2.05. The summed E-state index contributed by atoms with van der Waals surface area (Å²) in [6.45, 7) is -0.184. The number of hydrogen-bond acceptors (Lipinski definition) is 5. The Hall–Kier alpha value is -2.62. The summed E-state index contributed by atoms with van der Waals surface area (Å²) in [5.41, 5.74) is -0.176. The van der Waals surface area contributed by atoms with Crippen LogP contribution < -0.4 is 10.1 Å². The number of fused-ring (bicyclic) bond motifs is 1. The van der Waals surface area contributed by atoms with Gasteiger partial charge in [-0.1, -0.05) is 0 Å². The van der Waals surface area contributed by atoms with E-state index in [9.17, 15) is 14.9 Å². The minimum Gasteiger partial charge on any atom is -0.481 e. The number of nitro groups is 1. The molecule has 1 amide bonds. The second-order valence-corrected chi connectivity index (χ2v) is 3.07. The van der Waals surface area contributed by atoms with Crippen molar-refractivity contribution in [3.05, 3.63) is 27.8 Å². The minimum atomic E-state index is -0.668. The van der Waals surface area contributed by atoms with Crippen molar-refractivity contribution in [2.45, 2.75) is 0 Å². The van der Waals surface area contributed by atoms with E-state index in [1.165, 1.54) is 6.07 Å². The van der Waals surface area contributed by atoms with Gasteiger partial charge in [0.1, 0.15) is 11.6 Å². The molecule has 1 aromatic rings. The molecular weight excluding hydrogens is 214 g/mol. The predicted molar refractivity (Wildman–Crippen MR) is 51.9 cm³/mol. The van der Waals surface area contributed by atoms with Crippen LogP contribution in [-0.4, -0.2) is 17.4 Å². The summed E-state index contributed by atoms with van der Waals surface area (Å²) in [5.74, 6) is -0.157. The highest BCUT2D eigenvalue weighted by molar-refractivity contribution is 5.96. The predicted octanol–water partition coefficient (Wildman–Crippen LogP) is 0.797. The molecule has 1 aliphatic rings. The number of nitriles is 1. The lowest BCUT2D eigenvalue weighted by Crippen LogP contribution is -2.25. The first-order chi connectivity index (χ1) is 7.61. The van der Waals surface area contributed by atoms with E-state index in [2.05, 4.69) is 5.32 Å². The molecule has 80 valence electrons. The average Bonchev–Trinajstić information content (AvgIpc) is 2.26. The van der Waals surface area contributed by atoms with Gasteiger partial charge in [-0.2, -0.15) is 5.26 Å². The third-order valence-electron chi connectivity index (χ3n) is 2.05. The van der Waals surface area contributed by atoms with Gasteiger partial charge in [-0.25, -0.2) is 0 Å². The highest BCUT2D eigenvalue weighted by Crippen LogP contribution is 2.34. The quantitative estimate of drug-likeness (QED) is 0.555. The van der Waals surface area contributed by atoms with Gasteiger partial charge in [-0.05, 0) is 6.07 Å². The molecule has 0 atom stereocenters. The van der Waals surface area contributed by atoms with Gasteiger partial charge in [-0.3, -0.25) is 14.9 Å². The smallest absolute Gasteiger partial charge is 0.290 e. The molecule has 7 heteroatoms. The third kappa shape index (κ3) is 1.52. The van der Waals surface area contributed by atoms with Gasteiger partial charge in [0.25, 0.3) is 11.6 Å². The standard InChI is InChI=1S/C9H5N3O4/c10-3-5-1-6-8(2-7(5)12(14)15)16-4-9(13)11-6/h1-2H,4H2,(H,11,13). The molecule has 0 bridgehead atoms. The Balaban J connectivity index is 2.57. The van der Waals surface area contributed by atoms with Gasteiger partial charge in [0.2, 0.25) is 0 Å². The number of ether oxygens (including phenoxy) is 1. The highest BCUT2D eigenvalue weighted by atomic mass is 16.6. The number of anilines is 1. The second kappa shape index (κ2) is 3.51. The lowest BCUT2D eigenvalue weighted by molar-refractivity contribution is -0.385. The lowest BCUT2D eigenvalue weighted by atomic mass is 10.1. The number of carbonyl (C=O) groups excluding carboxylic acids is 1. The van der Waals surface area contributed by atoms with Gasteiger partial charge < -0.3 is 10.1 Å². The summed E-state index contributed by atoms with van der Waals surface area (Å²) in [4.78, 5) is 21.0. The molecular formula is C9H5N3O4. The Kier molecular flexibility index (Phi) is 2.17. The van der Waals surface area contributed by atoms with Gasteiger partial charge >= 0.3 is 0 Å². The van der Waals surface area contributed by atoms with E-state index >= 15 is 0 Å². The Labute approximate surface area is 89.4 Å². The Morgan fingerprint density at radius 1 is 1.56 bits per heavy atom. The first-order valence-corrected chi connectivity index (χ1v) is 4.27. The molecule has 16 heavy (non-hydrogen) atoms. The summed E-state index contributed by atoms with van der Waals surface area (Å²) in [6.07, 6.45) is 0. The van der Waals surface area contributed by atoms with E-state index in [1.807, 2.05) is 0 Å².